The lowest BCUT2D eigenvalue weighted by molar-refractivity contribution is -0.140. The third kappa shape index (κ3) is 4.73. The Bertz CT molecular complexity index is 1700. The molecule has 3 N–H and O–H groups in total. The molecule has 2 aromatic rings. The fourth-order valence-corrected chi connectivity index (χ4v) is 9.78. The summed E-state index contributed by atoms with van der Waals surface area (Å²) in [6.07, 6.45) is 4.55. The minimum absolute atomic E-state index is 0.0602. The second kappa shape index (κ2) is 9.79. The predicted molar refractivity (Wildman–Crippen MR) is 149 cm³/mol. The molecule has 1 amide bonds. The smallest absolute Gasteiger partial charge is 0.287 e. The van der Waals surface area contributed by atoms with E-state index in [2.05, 4.69) is 14.4 Å². The Labute approximate surface area is 240 Å². The van der Waals surface area contributed by atoms with Gasteiger partial charge in [0, 0.05) is 35.6 Å². The highest BCUT2D eigenvalue weighted by Crippen LogP contribution is 2.53. The van der Waals surface area contributed by atoms with Crippen molar-refractivity contribution in [1.82, 2.24) is 9.62 Å². The summed E-state index contributed by atoms with van der Waals surface area (Å²) >= 11 is 7.35. The van der Waals surface area contributed by atoms with E-state index >= 15 is 0 Å². The molecule has 3 aliphatic carbocycles. The van der Waals surface area contributed by atoms with E-state index in [0.29, 0.717) is 5.56 Å². The summed E-state index contributed by atoms with van der Waals surface area (Å²) in [7, 11) is -7.92. The topological polar surface area (TPSA) is 145 Å². The summed E-state index contributed by atoms with van der Waals surface area (Å²) in [6, 6.07) is 3.65. The molecule has 3 saturated carbocycles. The van der Waals surface area contributed by atoms with Gasteiger partial charge in [0.15, 0.2) is 5.84 Å². The van der Waals surface area contributed by atoms with E-state index < -0.39 is 37.7 Å². The first-order valence-electron chi connectivity index (χ1n) is 12.7. The normalized spacial score (nSPS) is 27.2. The molecule has 1 aromatic carbocycles. The minimum atomic E-state index is -4.35. The first kappa shape index (κ1) is 27.6. The van der Waals surface area contributed by atoms with E-state index in [-0.39, 0.29) is 68.6 Å². The van der Waals surface area contributed by atoms with Crippen LogP contribution in [-0.2, 0) is 37.9 Å². The molecule has 2 bridgehead atoms. The summed E-state index contributed by atoms with van der Waals surface area (Å²) in [5.41, 5.74) is 0.531. The monoisotopic (exact) mass is 628 g/mol. The number of amides is 1. The van der Waals surface area contributed by atoms with Gasteiger partial charge in [-0.3, -0.25) is 4.79 Å². The highest BCUT2D eigenvalue weighted by Gasteiger charge is 2.54. The minimum Gasteiger partial charge on any atom is -0.511 e. The van der Waals surface area contributed by atoms with Crippen molar-refractivity contribution in [2.45, 2.75) is 49.7 Å². The average molecular weight is 629 g/mol. The van der Waals surface area contributed by atoms with Crippen LogP contribution in [0.1, 0.15) is 36.8 Å². The number of halogens is 2. The number of aliphatic hydroxyl groups excluding tert-OH is 1. The molecule has 3 fully saturated rings. The lowest BCUT2D eigenvalue weighted by Crippen LogP contribution is -2.60. The van der Waals surface area contributed by atoms with Gasteiger partial charge in [-0.1, -0.05) is 17.7 Å². The van der Waals surface area contributed by atoms with Crippen molar-refractivity contribution >= 4 is 59.7 Å². The zero-order valence-corrected chi connectivity index (χ0v) is 24.4. The summed E-state index contributed by atoms with van der Waals surface area (Å²) in [4.78, 5) is 15.5. The Morgan fingerprint density at radius 1 is 1.23 bits per heavy atom. The maximum absolute atomic E-state index is 14.1. The molecule has 2 atom stereocenters. The number of sulfonamides is 2. The van der Waals surface area contributed by atoms with Crippen LogP contribution in [0, 0.1) is 23.6 Å². The summed E-state index contributed by atoms with van der Waals surface area (Å²) in [5.74, 6) is -1.69. The van der Waals surface area contributed by atoms with Crippen LogP contribution in [-0.4, -0.2) is 50.9 Å². The molecule has 0 saturated heterocycles. The maximum Gasteiger partial charge on any atom is 0.287 e. The van der Waals surface area contributed by atoms with Gasteiger partial charge in [-0.15, -0.1) is 15.7 Å². The van der Waals surface area contributed by atoms with Crippen LogP contribution in [0.3, 0.4) is 0 Å². The lowest BCUT2D eigenvalue weighted by atomic mass is 9.59. The zero-order chi connectivity index (χ0) is 28.6. The molecule has 0 radical (unpaired) electrons. The van der Waals surface area contributed by atoms with Crippen molar-refractivity contribution in [3.05, 3.63) is 56.9 Å². The quantitative estimate of drug-likeness (QED) is 0.442. The number of hydrogen-bond acceptors (Lipinski definition) is 8. The molecule has 1 aromatic heterocycles. The van der Waals surface area contributed by atoms with Crippen molar-refractivity contribution in [3.8, 4) is 0 Å². The van der Waals surface area contributed by atoms with E-state index in [1.165, 1.54) is 23.6 Å². The van der Waals surface area contributed by atoms with Crippen molar-refractivity contribution in [1.29, 1.82) is 0 Å². The molecular weight excluding hydrogens is 603 g/mol. The lowest BCUT2D eigenvalue weighted by Gasteiger charge is -2.54. The van der Waals surface area contributed by atoms with Crippen molar-refractivity contribution in [2.24, 2.45) is 22.2 Å². The first-order valence-corrected chi connectivity index (χ1v) is 17.3. The van der Waals surface area contributed by atoms with Gasteiger partial charge in [0.2, 0.25) is 10.0 Å². The standard InChI is InChI=1S/C25H26ClFN4O6S3/c1-39(34,35)28-9-15-11-38-24-22(15)40(36,37)30-23(29-24)19-21(32)18-12-2-4-13(5-3-12)20(18)31(25(19)33)10-14-6-7-16(27)8-17(14)26/h6-8,11-13,18,20,28,32H,2-5,9-10H2,1H3,(H,29,30). The Morgan fingerprint density at radius 2 is 1.93 bits per heavy atom. The Balaban J connectivity index is 1.41. The van der Waals surface area contributed by atoms with Crippen LogP contribution in [0.5, 0.6) is 0 Å². The van der Waals surface area contributed by atoms with Crippen LogP contribution in [0.2, 0.25) is 5.02 Å². The molecule has 214 valence electrons. The predicted octanol–water partition coefficient (Wildman–Crippen LogP) is 3.76. The maximum atomic E-state index is 14.1. The summed E-state index contributed by atoms with van der Waals surface area (Å²) in [5, 5.41) is 16.3. The number of nitrogens with zero attached hydrogens (tertiary/aromatic N) is 2. The number of nitrogens with one attached hydrogen (secondary N) is 2. The molecule has 2 unspecified atom stereocenters. The van der Waals surface area contributed by atoms with Crippen LogP contribution in [0.25, 0.3) is 0 Å². The van der Waals surface area contributed by atoms with Crippen molar-refractivity contribution in [3.63, 3.8) is 0 Å². The largest absolute Gasteiger partial charge is 0.511 e. The molecule has 5 aliphatic rings. The van der Waals surface area contributed by atoms with Gasteiger partial charge in [0.1, 0.15) is 27.0 Å². The SMILES string of the molecule is CS(=O)(=O)NCc1csc2c1S(=O)(=O)N=C(C1=C(O)C3C4CCC(CC4)C3N(Cc3ccc(F)cc3Cl)C1=O)N2. The highest BCUT2D eigenvalue weighted by molar-refractivity contribution is 7.91. The number of carbonyl (C=O) groups is 1. The van der Waals surface area contributed by atoms with E-state index in [1.54, 1.807) is 4.90 Å². The third-order valence-corrected chi connectivity index (χ3v) is 11.7. The number of carbonyl (C=O) groups excluding carboxylic acids is 1. The number of amidine groups is 1. The van der Waals surface area contributed by atoms with Crippen LogP contribution in [0.15, 0.2) is 44.2 Å². The van der Waals surface area contributed by atoms with E-state index in [1.807, 2.05) is 0 Å². The van der Waals surface area contributed by atoms with Gasteiger partial charge < -0.3 is 15.3 Å². The van der Waals surface area contributed by atoms with Gasteiger partial charge in [0.05, 0.1) is 6.26 Å². The fourth-order valence-electron chi connectivity index (χ4n) is 6.53. The Kier molecular flexibility index (Phi) is 6.77. The number of aliphatic hydroxyl groups is 1. The number of rotatable bonds is 6. The van der Waals surface area contributed by atoms with Gasteiger partial charge in [0.25, 0.3) is 15.9 Å². The van der Waals surface area contributed by atoms with Crippen LogP contribution < -0.4 is 10.0 Å². The Morgan fingerprint density at radius 3 is 2.60 bits per heavy atom. The van der Waals surface area contributed by atoms with E-state index in [4.69, 9.17) is 11.6 Å². The van der Waals surface area contributed by atoms with Crippen LogP contribution >= 0.6 is 22.9 Å². The van der Waals surface area contributed by atoms with Crippen LogP contribution in [0.4, 0.5) is 9.39 Å². The molecule has 10 nitrogen and oxygen atoms in total. The van der Waals surface area contributed by atoms with Crippen molar-refractivity contribution < 1.29 is 31.1 Å². The molecule has 7 rings (SSSR count). The number of anilines is 1. The van der Waals surface area contributed by atoms with E-state index in [0.717, 1.165) is 43.3 Å². The highest BCUT2D eigenvalue weighted by atomic mass is 35.5. The van der Waals surface area contributed by atoms with Gasteiger partial charge in [-0.25, -0.2) is 17.5 Å². The number of thiophene rings is 1. The van der Waals surface area contributed by atoms with Gasteiger partial charge >= 0.3 is 0 Å². The van der Waals surface area contributed by atoms with Gasteiger partial charge in [-0.2, -0.15) is 8.42 Å². The molecule has 40 heavy (non-hydrogen) atoms. The number of fused-ring (bicyclic) bond motifs is 3. The second-order valence-corrected chi connectivity index (χ2v) is 15.3. The first-order chi connectivity index (χ1) is 18.8. The van der Waals surface area contributed by atoms with Crippen molar-refractivity contribution in [2.75, 3.05) is 11.6 Å². The van der Waals surface area contributed by atoms with E-state index in [9.17, 15) is 31.1 Å². The molecular formula is C25H26ClFN4O6S3. The third-order valence-electron chi connectivity index (χ3n) is 8.22. The molecule has 2 aliphatic heterocycles. The fraction of sp³-hybridized carbons (Fsp3) is 0.440. The zero-order valence-electron chi connectivity index (χ0n) is 21.2. The molecule has 3 heterocycles. The number of benzene rings is 1. The molecule has 0 spiro atoms. The number of hydrogen-bond donors (Lipinski definition) is 3. The summed E-state index contributed by atoms with van der Waals surface area (Å²) < 4.78 is 69.7. The molecule has 15 heteroatoms. The Hall–Kier alpha value is -2.52. The average Bonchev–Trinajstić information content (AvgIpc) is 3.30. The summed E-state index contributed by atoms with van der Waals surface area (Å²) in [6.45, 7) is -0.187. The second-order valence-electron chi connectivity index (χ2n) is 10.7. The van der Waals surface area contributed by atoms with Gasteiger partial charge in [-0.05, 0) is 60.6 Å².